The van der Waals surface area contributed by atoms with Crippen LogP contribution in [0.1, 0.15) is 11.1 Å². The molecular weight excluding hydrogens is 328 g/mol. The fraction of sp³-hybridized carbons (Fsp3) is 0.158. The maximum atomic E-state index is 12.2. The second-order valence-corrected chi connectivity index (χ2v) is 6.06. The number of rotatable bonds is 6. The van der Waals surface area contributed by atoms with Crippen molar-refractivity contribution in [1.29, 1.82) is 0 Å². The molecular formula is C19H18N6O. The topological polar surface area (TPSA) is 88.5 Å². The Bertz CT molecular complexity index is 1000. The first kappa shape index (κ1) is 16.0. The molecule has 7 heteroatoms. The van der Waals surface area contributed by atoms with Crippen molar-refractivity contribution in [3.8, 4) is 5.69 Å². The molecule has 4 rings (SSSR count). The molecule has 2 aromatic carbocycles. The van der Waals surface area contributed by atoms with Crippen LogP contribution in [-0.4, -0.2) is 37.6 Å². The number of tetrazole rings is 1. The van der Waals surface area contributed by atoms with E-state index in [1.807, 2.05) is 42.6 Å². The summed E-state index contributed by atoms with van der Waals surface area (Å²) < 4.78 is 1.57. The maximum Gasteiger partial charge on any atom is 0.224 e. The maximum absolute atomic E-state index is 12.2. The van der Waals surface area contributed by atoms with Gasteiger partial charge in [-0.15, -0.1) is 5.10 Å². The first-order valence-electron chi connectivity index (χ1n) is 8.43. The van der Waals surface area contributed by atoms with Gasteiger partial charge in [0.15, 0.2) is 0 Å². The van der Waals surface area contributed by atoms with Crippen molar-refractivity contribution in [3.63, 3.8) is 0 Å². The van der Waals surface area contributed by atoms with E-state index in [-0.39, 0.29) is 5.91 Å². The minimum absolute atomic E-state index is 0.0139. The number of aromatic amines is 1. The van der Waals surface area contributed by atoms with E-state index < -0.39 is 0 Å². The monoisotopic (exact) mass is 346 g/mol. The minimum Gasteiger partial charge on any atom is -0.361 e. The van der Waals surface area contributed by atoms with Crippen molar-refractivity contribution in [2.45, 2.75) is 12.8 Å². The van der Waals surface area contributed by atoms with Crippen LogP contribution in [0.2, 0.25) is 0 Å². The number of nitrogens with zero attached hydrogens (tertiary/aromatic N) is 4. The van der Waals surface area contributed by atoms with Crippen molar-refractivity contribution in [3.05, 3.63) is 72.2 Å². The standard InChI is InChI=1S/C19H18N6O/c26-19(11-14-5-7-16(8-6-14)25-13-22-23-24-25)20-10-9-15-12-21-18-4-2-1-3-17(15)18/h1-8,12-13,21H,9-11H2,(H,20,26). The predicted molar refractivity (Wildman–Crippen MR) is 97.9 cm³/mol. The van der Waals surface area contributed by atoms with Crippen molar-refractivity contribution in [2.24, 2.45) is 0 Å². The normalized spacial score (nSPS) is 10.9. The van der Waals surface area contributed by atoms with E-state index >= 15 is 0 Å². The summed E-state index contributed by atoms with van der Waals surface area (Å²) in [6.45, 7) is 0.614. The number of carbonyl (C=O) groups excluding carboxylic acids is 1. The highest BCUT2D eigenvalue weighted by Crippen LogP contribution is 2.17. The van der Waals surface area contributed by atoms with Gasteiger partial charge < -0.3 is 10.3 Å². The summed E-state index contributed by atoms with van der Waals surface area (Å²) in [7, 11) is 0. The number of H-pyrrole nitrogens is 1. The Morgan fingerprint density at radius 3 is 2.77 bits per heavy atom. The molecule has 4 aromatic rings. The molecule has 0 aliphatic rings. The van der Waals surface area contributed by atoms with Crippen molar-refractivity contribution >= 4 is 16.8 Å². The average Bonchev–Trinajstić information content (AvgIpc) is 3.33. The third-order valence-corrected chi connectivity index (χ3v) is 4.31. The molecule has 0 aliphatic heterocycles. The number of benzene rings is 2. The van der Waals surface area contributed by atoms with Crippen molar-refractivity contribution in [1.82, 2.24) is 30.5 Å². The third kappa shape index (κ3) is 3.46. The van der Waals surface area contributed by atoms with Crippen LogP contribution in [0, 0.1) is 0 Å². The van der Waals surface area contributed by atoms with Crippen LogP contribution in [0.3, 0.4) is 0 Å². The molecule has 0 fully saturated rings. The largest absolute Gasteiger partial charge is 0.361 e. The highest BCUT2D eigenvalue weighted by atomic mass is 16.1. The summed E-state index contributed by atoms with van der Waals surface area (Å²) in [5, 5.41) is 15.2. The Labute approximate surface area is 150 Å². The summed E-state index contributed by atoms with van der Waals surface area (Å²) in [5.74, 6) is 0.0139. The summed E-state index contributed by atoms with van der Waals surface area (Å²) >= 11 is 0. The van der Waals surface area contributed by atoms with Gasteiger partial charge in [0.25, 0.3) is 0 Å². The summed E-state index contributed by atoms with van der Waals surface area (Å²) in [6, 6.07) is 15.8. The molecule has 1 amide bonds. The molecule has 0 aliphatic carbocycles. The number of nitrogens with one attached hydrogen (secondary N) is 2. The van der Waals surface area contributed by atoms with Gasteiger partial charge in [-0.2, -0.15) is 0 Å². The second-order valence-electron chi connectivity index (χ2n) is 6.06. The lowest BCUT2D eigenvalue weighted by atomic mass is 10.1. The van der Waals surface area contributed by atoms with Gasteiger partial charge in [-0.05, 0) is 46.2 Å². The van der Waals surface area contributed by atoms with Gasteiger partial charge in [-0.1, -0.05) is 30.3 Å². The molecule has 2 N–H and O–H groups in total. The van der Waals surface area contributed by atoms with Gasteiger partial charge >= 0.3 is 0 Å². The van der Waals surface area contributed by atoms with Gasteiger partial charge in [0.05, 0.1) is 12.1 Å². The van der Waals surface area contributed by atoms with Crippen LogP contribution in [0.25, 0.3) is 16.6 Å². The summed E-state index contributed by atoms with van der Waals surface area (Å²) in [6.07, 6.45) is 4.69. The zero-order valence-electron chi connectivity index (χ0n) is 14.1. The van der Waals surface area contributed by atoms with Gasteiger partial charge in [0.1, 0.15) is 6.33 Å². The van der Waals surface area contributed by atoms with E-state index in [0.29, 0.717) is 13.0 Å². The zero-order chi connectivity index (χ0) is 17.8. The molecule has 130 valence electrons. The Morgan fingerprint density at radius 2 is 1.96 bits per heavy atom. The van der Waals surface area contributed by atoms with Crippen LogP contribution in [0.5, 0.6) is 0 Å². The van der Waals surface area contributed by atoms with Crippen molar-refractivity contribution < 1.29 is 4.79 Å². The lowest BCUT2D eigenvalue weighted by Crippen LogP contribution is -2.27. The number of para-hydroxylation sites is 1. The van der Waals surface area contributed by atoms with Crippen molar-refractivity contribution in [2.75, 3.05) is 6.54 Å². The van der Waals surface area contributed by atoms with E-state index in [9.17, 15) is 4.79 Å². The fourth-order valence-corrected chi connectivity index (χ4v) is 2.97. The Morgan fingerprint density at radius 1 is 1.12 bits per heavy atom. The summed E-state index contributed by atoms with van der Waals surface area (Å²) in [4.78, 5) is 15.4. The Hall–Kier alpha value is -3.48. The zero-order valence-corrected chi connectivity index (χ0v) is 14.1. The van der Waals surface area contributed by atoms with Crippen LogP contribution < -0.4 is 5.32 Å². The number of fused-ring (bicyclic) bond motifs is 1. The number of amides is 1. The van der Waals surface area contributed by atoms with E-state index in [4.69, 9.17) is 0 Å². The first-order valence-corrected chi connectivity index (χ1v) is 8.43. The number of hydrogen-bond donors (Lipinski definition) is 2. The lowest BCUT2D eigenvalue weighted by Gasteiger charge is -2.06. The number of aromatic nitrogens is 5. The van der Waals surface area contributed by atoms with E-state index in [1.54, 1.807) is 4.68 Å². The van der Waals surface area contributed by atoms with Gasteiger partial charge in [-0.25, -0.2) is 4.68 Å². The SMILES string of the molecule is O=C(Cc1ccc(-n2cnnn2)cc1)NCCc1c[nH]c2ccccc12. The molecule has 0 unspecified atom stereocenters. The van der Waals surface area contributed by atoms with E-state index in [2.05, 4.69) is 38.0 Å². The molecule has 26 heavy (non-hydrogen) atoms. The molecule has 2 aromatic heterocycles. The first-order chi connectivity index (χ1) is 12.8. The molecule has 0 atom stereocenters. The molecule has 0 saturated heterocycles. The number of carbonyl (C=O) groups is 1. The molecule has 2 heterocycles. The lowest BCUT2D eigenvalue weighted by molar-refractivity contribution is -0.120. The molecule has 7 nitrogen and oxygen atoms in total. The Kier molecular flexibility index (Phi) is 4.42. The van der Waals surface area contributed by atoms with Crippen LogP contribution in [-0.2, 0) is 17.6 Å². The Balaban J connectivity index is 1.30. The van der Waals surface area contributed by atoms with Gasteiger partial charge in [-0.3, -0.25) is 4.79 Å². The third-order valence-electron chi connectivity index (χ3n) is 4.31. The summed E-state index contributed by atoms with van der Waals surface area (Å²) in [5.41, 5.74) is 4.15. The van der Waals surface area contributed by atoms with Crippen LogP contribution in [0.4, 0.5) is 0 Å². The van der Waals surface area contributed by atoms with E-state index in [0.717, 1.165) is 23.2 Å². The average molecular weight is 346 g/mol. The smallest absolute Gasteiger partial charge is 0.224 e. The van der Waals surface area contributed by atoms with E-state index in [1.165, 1.54) is 17.3 Å². The molecule has 0 radical (unpaired) electrons. The molecule has 0 saturated carbocycles. The quantitative estimate of drug-likeness (QED) is 0.559. The molecule has 0 spiro atoms. The second kappa shape index (κ2) is 7.18. The highest BCUT2D eigenvalue weighted by molar-refractivity contribution is 5.83. The fourth-order valence-electron chi connectivity index (χ4n) is 2.97. The van der Waals surface area contributed by atoms with Gasteiger partial charge in [0.2, 0.25) is 5.91 Å². The number of hydrogen-bond acceptors (Lipinski definition) is 4. The minimum atomic E-state index is 0.0139. The highest BCUT2D eigenvalue weighted by Gasteiger charge is 2.06. The molecule has 0 bridgehead atoms. The van der Waals surface area contributed by atoms with Crippen LogP contribution in [0.15, 0.2) is 61.1 Å². The van der Waals surface area contributed by atoms with Crippen LogP contribution >= 0.6 is 0 Å². The van der Waals surface area contributed by atoms with Gasteiger partial charge in [0, 0.05) is 23.6 Å². The predicted octanol–water partition coefficient (Wildman–Crippen LogP) is 2.04.